The van der Waals surface area contributed by atoms with E-state index < -0.39 is 12.0 Å². The van der Waals surface area contributed by atoms with Crippen LogP contribution in [0.1, 0.15) is 20.3 Å². The van der Waals surface area contributed by atoms with Gasteiger partial charge in [0.05, 0.1) is 11.9 Å². The number of aliphatic carboxylic acids is 1. The Kier molecular flexibility index (Phi) is 4.89. The van der Waals surface area contributed by atoms with E-state index in [4.69, 9.17) is 5.11 Å². The topological polar surface area (TPSA) is 84.2 Å². The first-order chi connectivity index (χ1) is 8.32. The highest BCUT2D eigenvalue weighted by molar-refractivity contribution is 9.10. The standard InChI is InChI=1S/C11H16BrN3O3/c1-6(2)4-7(11(17)18)14-8-5-13-15(3)10(16)9(8)12/h5-7,14H,4H2,1-3H3,(H,17,18)/t7-/m0/s1. The maximum atomic E-state index is 11.6. The third kappa shape index (κ3) is 3.56. The SMILES string of the molecule is CC(C)C[C@H](Nc1cnn(C)c(=O)c1Br)C(=O)O. The van der Waals surface area contributed by atoms with Crippen LogP contribution in [-0.2, 0) is 11.8 Å². The molecular weight excluding hydrogens is 302 g/mol. The number of carboxylic acid groups (broad SMARTS) is 1. The summed E-state index contributed by atoms with van der Waals surface area (Å²) in [6.07, 6.45) is 1.90. The van der Waals surface area contributed by atoms with Crippen LogP contribution in [0.4, 0.5) is 5.69 Å². The van der Waals surface area contributed by atoms with Gasteiger partial charge in [0.25, 0.3) is 5.56 Å². The maximum Gasteiger partial charge on any atom is 0.326 e. The van der Waals surface area contributed by atoms with E-state index in [0.29, 0.717) is 12.1 Å². The molecule has 1 heterocycles. The van der Waals surface area contributed by atoms with Crippen molar-refractivity contribution in [3.63, 3.8) is 0 Å². The van der Waals surface area contributed by atoms with Gasteiger partial charge in [-0.3, -0.25) is 4.79 Å². The lowest BCUT2D eigenvalue weighted by atomic mass is 10.0. The molecule has 100 valence electrons. The first-order valence-electron chi connectivity index (χ1n) is 5.54. The van der Waals surface area contributed by atoms with Crippen LogP contribution in [0, 0.1) is 5.92 Å². The molecule has 1 aromatic heterocycles. The summed E-state index contributed by atoms with van der Waals surface area (Å²) in [6, 6.07) is -0.741. The highest BCUT2D eigenvalue weighted by Crippen LogP contribution is 2.19. The molecule has 0 saturated carbocycles. The fourth-order valence-electron chi connectivity index (χ4n) is 1.49. The fraction of sp³-hybridized carbons (Fsp3) is 0.545. The van der Waals surface area contributed by atoms with Crippen LogP contribution >= 0.6 is 15.9 Å². The molecule has 0 aliphatic carbocycles. The quantitative estimate of drug-likeness (QED) is 0.858. The largest absolute Gasteiger partial charge is 0.480 e. The summed E-state index contributed by atoms with van der Waals surface area (Å²) < 4.78 is 1.46. The smallest absolute Gasteiger partial charge is 0.326 e. The Morgan fingerprint density at radius 2 is 2.22 bits per heavy atom. The molecular formula is C11H16BrN3O3. The second-order valence-electron chi connectivity index (χ2n) is 4.47. The van der Waals surface area contributed by atoms with Crippen LogP contribution in [0.5, 0.6) is 0 Å². The predicted molar refractivity (Wildman–Crippen MR) is 71.7 cm³/mol. The van der Waals surface area contributed by atoms with Gasteiger partial charge in [-0.2, -0.15) is 5.10 Å². The molecule has 0 aliphatic heterocycles. The van der Waals surface area contributed by atoms with Crippen LogP contribution in [0.25, 0.3) is 0 Å². The highest BCUT2D eigenvalue weighted by atomic mass is 79.9. The van der Waals surface area contributed by atoms with E-state index in [-0.39, 0.29) is 15.9 Å². The lowest BCUT2D eigenvalue weighted by molar-refractivity contribution is -0.138. The number of nitrogens with one attached hydrogen (secondary N) is 1. The molecule has 0 bridgehead atoms. The molecule has 2 N–H and O–H groups in total. The molecule has 0 aromatic carbocycles. The van der Waals surface area contributed by atoms with Crippen molar-refractivity contribution in [2.75, 3.05) is 5.32 Å². The van der Waals surface area contributed by atoms with Crippen molar-refractivity contribution >= 4 is 27.6 Å². The van der Waals surface area contributed by atoms with Crippen LogP contribution in [0.2, 0.25) is 0 Å². The van der Waals surface area contributed by atoms with Gasteiger partial charge in [0.15, 0.2) is 0 Å². The van der Waals surface area contributed by atoms with Crippen LogP contribution in [-0.4, -0.2) is 26.9 Å². The van der Waals surface area contributed by atoms with Gasteiger partial charge in [0.2, 0.25) is 0 Å². The minimum atomic E-state index is -0.948. The summed E-state index contributed by atoms with van der Waals surface area (Å²) in [7, 11) is 1.53. The van der Waals surface area contributed by atoms with Gasteiger partial charge in [0, 0.05) is 7.05 Å². The Hall–Kier alpha value is -1.37. The molecule has 0 amide bonds. The van der Waals surface area contributed by atoms with Crippen molar-refractivity contribution in [1.29, 1.82) is 0 Å². The second kappa shape index (κ2) is 5.99. The van der Waals surface area contributed by atoms with Gasteiger partial charge in [-0.15, -0.1) is 0 Å². The van der Waals surface area contributed by atoms with E-state index in [9.17, 15) is 9.59 Å². The molecule has 1 rings (SSSR count). The molecule has 1 atom stereocenters. The molecule has 0 radical (unpaired) electrons. The summed E-state index contributed by atoms with van der Waals surface area (Å²) in [6.45, 7) is 3.88. The van der Waals surface area contributed by atoms with Gasteiger partial charge >= 0.3 is 5.97 Å². The Balaban J connectivity index is 2.98. The number of anilines is 1. The Morgan fingerprint density at radius 3 is 2.72 bits per heavy atom. The number of nitrogens with zero attached hydrogens (tertiary/aromatic N) is 2. The average Bonchev–Trinajstić information content (AvgIpc) is 2.28. The summed E-state index contributed by atoms with van der Waals surface area (Å²) >= 11 is 3.15. The van der Waals surface area contributed by atoms with E-state index >= 15 is 0 Å². The number of aryl methyl sites for hydroxylation is 1. The molecule has 0 saturated heterocycles. The number of hydrogen-bond acceptors (Lipinski definition) is 4. The monoisotopic (exact) mass is 317 g/mol. The first-order valence-corrected chi connectivity index (χ1v) is 6.33. The van der Waals surface area contributed by atoms with Crippen molar-refractivity contribution in [3.8, 4) is 0 Å². The van der Waals surface area contributed by atoms with Gasteiger partial charge in [-0.1, -0.05) is 13.8 Å². The third-order valence-electron chi connectivity index (χ3n) is 2.41. The van der Waals surface area contributed by atoms with Crippen LogP contribution in [0.3, 0.4) is 0 Å². The normalized spacial score (nSPS) is 12.5. The molecule has 0 aliphatic rings. The zero-order valence-electron chi connectivity index (χ0n) is 10.5. The van der Waals surface area contributed by atoms with Crippen LogP contribution in [0.15, 0.2) is 15.5 Å². The number of rotatable bonds is 5. The van der Waals surface area contributed by atoms with Gasteiger partial charge in [-0.05, 0) is 28.3 Å². The Morgan fingerprint density at radius 1 is 1.61 bits per heavy atom. The zero-order chi connectivity index (χ0) is 13.9. The van der Waals surface area contributed by atoms with E-state index in [0.717, 1.165) is 0 Å². The van der Waals surface area contributed by atoms with E-state index in [1.54, 1.807) is 0 Å². The molecule has 18 heavy (non-hydrogen) atoms. The van der Waals surface area contributed by atoms with Gasteiger partial charge in [-0.25, -0.2) is 9.48 Å². The summed E-state index contributed by atoms with van der Waals surface area (Å²) in [5.74, 6) is -0.715. The summed E-state index contributed by atoms with van der Waals surface area (Å²) in [5.41, 5.74) is 0.0832. The van der Waals surface area contributed by atoms with Crippen molar-refractivity contribution in [3.05, 3.63) is 21.0 Å². The van der Waals surface area contributed by atoms with Gasteiger partial charge < -0.3 is 10.4 Å². The number of halogens is 1. The summed E-state index contributed by atoms with van der Waals surface area (Å²) in [5, 5.41) is 15.8. The maximum absolute atomic E-state index is 11.6. The van der Waals surface area contributed by atoms with E-state index in [2.05, 4.69) is 26.3 Å². The van der Waals surface area contributed by atoms with E-state index in [1.165, 1.54) is 17.9 Å². The molecule has 0 spiro atoms. The van der Waals surface area contributed by atoms with Crippen molar-refractivity contribution in [1.82, 2.24) is 9.78 Å². The van der Waals surface area contributed by atoms with Crippen molar-refractivity contribution < 1.29 is 9.90 Å². The highest BCUT2D eigenvalue weighted by Gasteiger charge is 2.20. The zero-order valence-corrected chi connectivity index (χ0v) is 12.1. The van der Waals surface area contributed by atoms with E-state index in [1.807, 2.05) is 13.8 Å². The predicted octanol–water partition coefficient (Wildman–Crippen LogP) is 1.45. The molecule has 7 heteroatoms. The second-order valence-corrected chi connectivity index (χ2v) is 5.26. The Bertz CT molecular complexity index is 499. The Labute approximate surface area is 113 Å². The lowest BCUT2D eigenvalue weighted by Crippen LogP contribution is -2.32. The lowest BCUT2D eigenvalue weighted by Gasteiger charge is -2.18. The number of carboxylic acids is 1. The third-order valence-corrected chi connectivity index (χ3v) is 3.18. The molecule has 0 fully saturated rings. The number of carbonyl (C=O) groups is 1. The summed E-state index contributed by atoms with van der Waals surface area (Å²) in [4.78, 5) is 22.8. The first kappa shape index (κ1) is 14.7. The number of hydrogen-bond donors (Lipinski definition) is 2. The number of aromatic nitrogens is 2. The fourth-order valence-corrected chi connectivity index (χ4v) is 1.97. The van der Waals surface area contributed by atoms with Gasteiger partial charge in [0.1, 0.15) is 10.5 Å². The molecule has 6 nitrogen and oxygen atoms in total. The molecule has 1 aromatic rings. The molecule has 0 unspecified atom stereocenters. The van der Waals surface area contributed by atoms with Crippen molar-refractivity contribution in [2.45, 2.75) is 26.3 Å². The minimum Gasteiger partial charge on any atom is -0.480 e. The van der Waals surface area contributed by atoms with Crippen molar-refractivity contribution in [2.24, 2.45) is 13.0 Å². The average molecular weight is 318 g/mol. The van der Waals surface area contributed by atoms with Crippen LogP contribution < -0.4 is 10.9 Å². The minimum absolute atomic E-state index is 0.233.